The second kappa shape index (κ2) is 8.88. The van der Waals surface area contributed by atoms with Gasteiger partial charge in [0, 0.05) is 37.7 Å². The number of likely N-dealkylation sites (tertiary alicyclic amines) is 1. The van der Waals surface area contributed by atoms with Crippen molar-refractivity contribution in [3.8, 4) is 0 Å². The first-order valence-electron chi connectivity index (χ1n) is 10.6. The minimum atomic E-state index is -0.480. The van der Waals surface area contributed by atoms with Gasteiger partial charge in [-0.05, 0) is 48.6 Å². The van der Waals surface area contributed by atoms with Crippen molar-refractivity contribution < 1.29 is 18.8 Å². The zero-order valence-electron chi connectivity index (χ0n) is 17.5. The van der Waals surface area contributed by atoms with Crippen LogP contribution >= 0.6 is 0 Å². The Morgan fingerprint density at radius 1 is 1.16 bits per heavy atom. The van der Waals surface area contributed by atoms with Gasteiger partial charge in [-0.15, -0.1) is 0 Å². The van der Waals surface area contributed by atoms with Crippen molar-refractivity contribution in [2.45, 2.75) is 38.6 Å². The summed E-state index contributed by atoms with van der Waals surface area (Å²) in [5.41, 5.74) is 2.83. The van der Waals surface area contributed by atoms with Gasteiger partial charge < -0.3 is 15.5 Å². The fraction of sp³-hybridized carbons (Fsp3) is 0.375. The first-order chi connectivity index (χ1) is 14.9. The van der Waals surface area contributed by atoms with Crippen LogP contribution in [0, 0.1) is 18.7 Å². The summed E-state index contributed by atoms with van der Waals surface area (Å²) in [7, 11) is 0. The molecule has 0 radical (unpaired) electrons. The Kier molecular flexibility index (Phi) is 6.02. The van der Waals surface area contributed by atoms with Crippen LogP contribution in [0.3, 0.4) is 0 Å². The highest BCUT2D eigenvalue weighted by atomic mass is 19.1. The van der Waals surface area contributed by atoms with Crippen molar-refractivity contribution in [1.29, 1.82) is 0 Å². The molecule has 31 heavy (non-hydrogen) atoms. The smallest absolute Gasteiger partial charge is 0.230 e. The van der Waals surface area contributed by atoms with E-state index in [-0.39, 0.29) is 42.4 Å². The second-order valence-electron chi connectivity index (χ2n) is 8.29. The number of para-hydroxylation sites is 1. The average molecular weight is 423 g/mol. The van der Waals surface area contributed by atoms with Crippen molar-refractivity contribution in [3.05, 3.63) is 65.0 Å². The third kappa shape index (κ3) is 4.60. The Hall–Kier alpha value is -3.22. The minimum absolute atomic E-state index is 0.0590. The summed E-state index contributed by atoms with van der Waals surface area (Å²) in [6.45, 7) is 2.95. The molecule has 1 unspecified atom stereocenters. The van der Waals surface area contributed by atoms with Crippen molar-refractivity contribution in [2.24, 2.45) is 5.92 Å². The summed E-state index contributed by atoms with van der Waals surface area (Å²) < 4.78 is 13.7. The number of nitrogens with one attached hydrogen (secondary N) is 2. The van der Waals surface area contributed by atoms with Crippen molar-refractivity contribution in [2.75, 3.05) is 18.4 Å². The molecule has 0 aliphatic carbocycles. The Morgan fingerprint density at radius 3 is 2.65 bits per heavy atom. The number of hydrogen-bond donors (Lipinski definition) is 2. The quantitative estimate of drug-likeness (QED) is 0.793. The van der Waals surface area contributed by atoms with E-state index in [1.54, 1.807) is 24.0 Å². The number of fused-ring (bicyclic) bond motifs is 1. The number of nitrogens with zero attached hydrogens (tertiary/aromatic N) is 1. The molecule has 2 aromatic rings. The summed E-state index contributed by atoms with van der Waals surface area (Å²) in [5, 5.41) is 5.70. The van der Waals surface area contributed by atoms with Gasteiger partial charge in [0.1, 0.15) is 5.82 Å². The molecule has 4 rings (SSSR count). The highest BCUT2D eigenvalue weighted by Crippen LogP contribution is 2.34. The standard InChI is InChI=1S/C24H26FN3O3/c1-15-6-7-16(12-20(15)25)14-26-23(30)17-8-10-28(11-9-17)24(31)19-13-22(29)27-21-5-3-2-4-18(19)21/h2-7,12,17,19H,8-11,13-14H2,1H3,(H,26,30)(H,27,29). The molecule has 2 aromatic carbocycles. The fourth-order valence-corrected chi connectivity index (χ4v) is 4.29. The molecule has 2 heterocycles. The van der Waals surface area contributed by atoms with Crippen LogP contribution < -0.4 is 10.6 Å². The van der Waals surface area contributed by atoms with Gasteiger partial charge in [0.2, 0.25) is 17.7 Å². The topological polar surface area (TPSA) is 78.5 Å². The number of benzene rings is 2. The molecule has 0 spiro atoms. The molecule has 2 aliphatic rings. The Morgan fingerprint density at radius 2 is 1.90 bits per heavy atom. The number of rotatable bonds is 4. The van der Waals surface area contributed by atoms with Crippen LogP contribution in [-0.4, -0.2) is 35.7 Å². The summed E-state index contributed by atoms with van der Waals surface area (Å²) in [5.74, 6) is -1.23. The second-order valence-corrected chi connectivity index (χ2v) is 8.29. The van der Waals surface area contributed by atoms with E-state index in [9.17, 15) is 18.8 Å². The molecular formula is C24H26FN3O3. The van der Waals surface area contributed by atoms with E-state index >= 15 is 0 Å². The molecule has 1 fully saturated rings. The summed E-state index contributed by atoms with van der Waals surface area (Å²) in [6.07, 6.45) is 1.28. The summed E-state index contributed by atoms with van der Waals surface area (Å²) >= 11 is 0. The highest BCUT2D eigenvalue weighted by Gasteiger charge is 2.35. The molecule has 0 aromatic heterocycles. The van der Waals surface area contributed by atoms with Crippen LogP contribution in [0.2, 0.25) is 0 Å². The molecule has 2 N–H and O–H groups in total. The maximum Gasteiger partial charge on any atom is 0.230 e. The monoisotopic (exact) mass is 423 g/mol. The third-order valence-corrected chi connectivity index (χ3v) is 6.18. The zero-order valence-corrected chi connectivity index (χ0v) is 17.5. The Bertz CT molecular complexity index is 1010. The predicted molar refractivity (Wildman–Crippen MR) is 115 cm³/mol. The van der Waals surface area contributed by atoms with Crippen molar-refractivity contribution in [1.82, 2.24) is 10.2 Å². The number of carbonyl (C=O) groups excluding carboxylic acids is 3. The predicted octanol–water partition coefficient (Wildman–Crippen LogP) is 3.11. The van der Waals surface area contributed by atoms with Crippen molar-refractivity contribution in [3.63, 3.8) is 0 Å². The zero-order chi connectivity index (χ0) is 22.0. The van der Waals surface area contributed by atoms with E-state index in [0.717, 1.165) is 11.1 Å². The van der Waals surface area contributed by atoms with Gasteiger partial charge in [0.25, 0.3) is 0 Å². The molecule has 0 bridgehead atoms. The van der Waals surface area contributed by atoms with Gasteiger partial charge in [-0.1, -0.05) is 30.3 Å². The van der Waals surface area contributed by atoms with Crippen LogP contribution in [0.5, 0.6) is 0 Å². The molecule has 162 valence electrons. The molecule has 1 atom stereocenters. The molecular weight excluding hydrogens is 397 g/mol. The lowest BCUT2D eigenvalue weighted by Gasteiger charge is -2.35. The van der Waals surface area contributed by atoms with Gasteiger partial charge in [0.05, 0.1) is 5.92 Å². The van der Waals surface area contributed by atoms with Crippen LogP contribution in [0.4, 0.5) is 10.1 Å². The van der Waals surface area contributed by atoms with Crippen LogP contribution in [0.1, 0.15) is 41.9 Å². The number of halogens is 1. The third-order valence-electron chi connectivity index (χ3n) is 6.18. The molecule has 3 amide bonds. The molecule has 1 saturated heterocycles. The highest BCUT2D eigenvalue weighted by molar-refractivity contribution is 6.01. The van der Waals surface area contributed by atoms with Gasteiger partial charge in [-0.2, -0.15) is 0 Å². The van der Waals surface area contributed by atoms with E-state index in [2.05, 4.69) is 10.6 Å². The number of piperidine rings is 1. The maximum absolute atomic E-state index is 13.7. The number of aryl methyl sites for hydroxylation is 1. The number of anilines is 1. The van der Waals surface area contributed by atoms with E-state index in [0.29, 0.717) is 37.2 Å². The molecule has 7 heteroatoms. The average Bonchev–Trinajstić information content (AvgIpc) is 2.78. The molecule has 6 nitrogen and oxygen atoms in total. The van der Waals surface area contributed by atoms with Gasteiger partial charge in [0.15, 0.2) is 0 Å². The van der Waals surface area contributed by atoms with Crippen LogP contribution in [0.15, 0.2) is 42.5 Å². The van der Waals surface area contributed by atoms with Crippen molar-refractivity contribution >= 4 is 23.4 Å². The van der Waals surface area contributed by atoms with E-state index in [1.807, 2.05) is 24.3 Å². The van der Waals surface area contributed by atoms with E-state index in [1.165, 1.54) is 6.07 Å². The first kappa shape index (κ1) is 21.0. The normalized spacial score (nSPS) is 18.8. The van der Waals surface area contributed by atoms with E-state index < -0.39 is 5.92 Å². The first-order valence-corrected chi connectivity index (χ1v) is 10.6. The van der Waals surface area contributed by atoms with Gasteiger partial charge in [-0.3, -0.25) is 14.4 Å². The summed E-state index contributed by atoms with van der Waals surface area (Å²) in [6, 6.07) is 12.3. The lowest BCUT2D eigenvalue weighted by molar-refractivity contribution is -0.138. The SMILES string of the molecule is Cc1ccc(CNC(=O)C2CCN(C(=O)C3CC(=O)Nc4ccccc43)CC2)cc1F. The Balaban J connectivity index is 1.32. The van der Waals surface area contributed by atoms with Crippen LogP contribution in [-0.2, 0) is 20.9 Å². The van der Waals surface area contributed by atoms with Crippen LogP contribution in [0.25, 0.3) is 0 Å². The maximum atomic E-state index is 13.7. The number of hydrogen-bond acceptors (Lipinski definition) is 3. The number of amides is 3. The fourth-order valence-electron chi connectivity index (χ4n) is 4.29. The molecule has 0 saturated carbocycles. The van der Waals surface area contributed by atoms with Gasteiger partial charge in [-0.25, -0.2) is 4.39 Å². The lowest BCUT2D eigenvalue weighted by atomic mass is 9.88. The summed E-state index contributed by atoms with van der Waals surface area (Å²) in [4.78, 5) is 39.5. The largest absolute Gasteiger partial charge is 0.352 e. The van der Waals surface area contributed by atoms with E-state index in [4.69, 9.17) is 0 Å². The Labute approximate surface area is 180 Å². The minimum Gasteiger partial charge on any atom is -0.352 e. The number of carbonyl (C=O) groups is 3. The lowest BCUT2D eigenvalue weighted by Crippen LogP contribution is -2.45. The molecule has 2 aliphatic heterocycles. The van der Waals surface area contributed by atoms with Gasteiger partial charge >= 0.3 is 0 Å².